The van der Waals surface area contributed by atoms with E-state index in [1.807, 2.05) is 24.3 Å². The Hall–Kier alpha value is -2.82. The second-order valence-corrected chi connectivity index (χ2v) is 13.9. The van der Waals surface area contributed by atoms with Crippen LogP contribution in [0.4, 0.5) is 11.4 Å². The highest BCUT2D eigenvalue weighted by Crippen LogP contribution is 2.34. The van der Waals surface area contributed by atoms with Crippen LogP contribution in [0.5, 0.6) is 0 Å². The van der Waals surface area contributed by atoms with Crippen LogP contribution in [0.15, 0.2) is 46.4 Å². The molecule has 5 nitrogen and oxygen atoms in total. The molecule has 0 saturated heterocycles. The lowest BCUT2D eigenvalue weighted by Crippen LogP contribution is -2.22. The summed E-state index contributed by atoms with van der Waals surface area (Å²) in [5.74, 6) is 0. The van der Waals surface area contributed by atoms with E-state index >= 15 is 0 Å². The predicted octanol–water partition coefficient (Wildman–Crippen LogP) is 8.63. The Labute approximate surface area is 218 Å². The fraction of sp³-hybridized carbons (Fsp3) is 0.548. The van der Waals surface area contributed by atoms with Gasteiger partial charge in [0.25, 0.3) is 6.04 Å². The van der Waals surface area contributed by atoms with Crippen LogP contribution in [0.25, 0.3) is 0 Å². The quantitative estimate of drug-likeness (QED) is 0.239. The fourth-order valence-corrected chi connectivity index (χ4v) is 3.58. The SMILES string of the molecule is CC(C)(C)c1cc(N=CC(C=Nc2cc(C(C)(C)C)cc(C(C)(C)C)c2)[N+](=O)[O-])cc(C(C)(C)C)c1. The minimum Gasteiger partial charge on any atom is -0.263 e. The van der Waals surface area contributed by atoms with Gasteiger partial charge in [-0.05, 0) is 68.2 Å². The molecule has 2 rings (SSSR count). The molecule has 0 atom stereocenters. The van der Waals surface area contributed by atoms with E-state index in [4.69, 9.17) is 0 Å². The van der Waals surface area contributed by atoms with Gasteiger partial charge in [0.05, 0.1) is 23.8 Å². The summed E-state index contributed by atoms with van der Waals surface area (Å²) in [5.41, 5.74) is 5.83. The molecule has 0 N–H and O–H groups in total. The van der Waals surface area contributed by atoms with Crippen LogP contribution < -0.4 is 0 Å². The predicted molar refractivity (Wildman–Crippen MR) is 155 cm³/mol. The Morgan fingerprint density at radius 3 is 1.03 bits per heavy atom. The lowest BCUT2D eigenvalue weighted by atomic mass is 9.80. The number of rotatable bonds is 5. The van der Waals surface area contributed by atoms with Crippen molar-refractivity contribution in [1.29, 1.82) is 0 Å². The van der Waals surface area contributed by atoms with Crippen LogP contribution >= 0.6 is 0 Å². The van der Waals surface area contributed by atoms with E-state index < -0.39 is 6.04 Å². The molecule has 0 aromatic heterocycles. The van der Waals surface area contributed by atoms with E-state index in [1.54, 1.807) is 0 Å². The average Bonchev–Trinajstić information content (AvgIpc) is 2.70. The summed E-state index contributed by atoms with van der Waals surface area (Å²) >= 11 is 0. The third-order valence-corrected chi connectivity index (χ3v) is 6.30. The zero-order valence-electron chi connectivity index (χ0n) is 24.4. The van der Waals surface area contributed by atoms with Crippen LogP contribution in [0.3, 0.4) is 0 Å². The molecule has 0 heterocycles. The van der Waals surface area contributed by atoms with Gasteiger partial charge in [-0.1, -0.05) is 95.2 Å². The maximum Gasteiger partial charge on any atom is 0.282 e. The highest BCUT2D eigenvalue weighted by Gasteiger charge is 2.22. The molecule has 5 heteroatoms. The Morgan fingerprint density at radius 2 is 0.833 bits per heavy atom. The van der Waals surface area contributed by atoms with Gasteiger partial charge < -0.3 is 0 Å². The lowest BCUT2D eigenvalue weighted by molar-refractivity contribution is -0.482. The minimum absolute atomic E-state index is 0.0572. The molecule has 0 aliphatic rings. The van der Waals surface area contributed by atoms with Crippen molar-refractivity contribution in [2.75, 3.05) is 0 Å². The molecule has 36 heavy (non-hydrogen) atoms. The molecule has 0 bridgehead atoms. The topological polar surface area (TPSA) is 67.9 Å². The van der Waals surface area contributed by atoms with Gasteiger partial charge in [0.1, 0.15) is 0 Å². The lowest BCUT2D eigenvalue weighted by Gasteiger charge is -2.25. The van der Waals surface area contributed by atoms with E-state index in [1.165, 1.54) is 12.4 Å². The monoisotopic (exact) mass is 491 g/mol. The van der Waals surface area contributed by atoms with Gasteiger partial charge in [-0.15, -0.1) is 0 Å². The first-order chi connectivity index (χ1) is 16.2. The minimum atomic E-state index is -1.13. The highest BCUT2D eigenvalue weighted by molar-refractivity contribution is 5.88. The van der Waals surface area contributed by atoms with Gasteiger partial charge >= 0.3 is 0 Å². The van der Waals surface area contributed by atoms with Crippen LogP contribution in [0.1, 0.15) is 105 Å². The van der Waals surface area contributed by atoms with Gasteiger partial charge in [0.15, 0.2) is 0 Å². The molecule has 2 aromatic carbocycles. The Bertz CT molecular complexity index is 998. The van der Waals surface area contributed by atoms with Crippen LogP contribution in [-0.2, 0) is 21.7 Å². The van der Waals surface area contributed by atoms with Gasteiger partial charge in [-0.25, -0.2) is 0 Å². The second-order valence-electron chi connectivity index (χ2n) is 13.9. The molecule has 0 amide bonds. The summed E-state index contributed by atoms with van der Waals surface area (Å²) in [6, 6.07) is 11.4. The molecular formula is C31H45N3O2. The third kappa shape index (κ3) is 8.11. The fourth-order valence-electron chi connectivity index (χ4n) is 3.58. The number of nitro groups is 1. The van der Waals surface area contributed by atoms with E-state index in [9.17, 15) is 10.1 Å². The van der Waals surface area contributed by atoms with Gasteiger partial charge in [0, 0.05) is 4.92 Å². The molecule has 0 aliphatic carbocycles. The van der Waals surface area contributed by atoms with Crippen molar-refractivity contribution in [3.05, 3.63) is 68.8 Å². The van der Waals surface area contributed by atoms with Crippen LogP contribution in [-0.4, -0.2) is 23.4 Å². The smallest absolute Gasteiger partial charge is 0.263 e. The van der Waals surface area contributed by atoms with E-state index in [2.05, 4.69) is 105 Å². The Morgan fingerprint density at radius 1 is 0.583 bits per heavy atom. The van der Waals surface area contributed by atoms with Gasteiger partial charge in [-0.2, -0.15) is 0 Å². The summed E-state index contributed by atoms with van der Waals surface area (Å²) in [7, 11) is 0. The van der Waals surface area contributed by atoms with Crippen molar-refractivity contribution in [3.63, 3.8) is 0 Å². The van der Waals surface area contributed by atoms with Crippen molar-refractivity contribution in [1.82, 2.24) is 0 Å². The van der Waals surface area contributed by atoms with E-state index in [0.717, 1.165) is 33.6 Å². The number of hydrogen-bond donors (Lipinski definition) is 0. The third-order valence-electron chi connectivity index (χ3n) is 6.30. The van der Waals surface area contributed by atoms with Crippen molar-refractivity contribution < 1.29 is 4.92 Å². The number of aliphatic imine (C=N–C) groups is 2. The molecular weight excluding hydrogens is 446 g/mol. The zero-order chi connectivity index (χ0) is 27.7. The molecule has 0 saturated carbocycles. The maximum absolute atomic E-state index is 11.9. The molecule has 0 aliphatic heterocycles. The normalized spacial score (nSPS) is 14.6. The average molecular weight is 492 g/mol. The standard InChI is InChI=1S/C31H45N3O2/c1-28(2,3)21-13-22(29(4,5)6)16-25(15-21)32-19-27(34(35)36)20-33-26-17-23(30(7,8)9)14-24(18-26)31(10,11)12/h13-20,27H,1-12H3. The van der Waals surface area contributed by atoms with Crippen LogP contribution in [0.2, 0.25) is 0 Å². The molecule has 196 valence electrons. The molecule has 0 fully saturated rings. The first-order valence-electron chi connectivity index (χ1n) is 12.7. The summed E-state index contributed by atoms with van der Waals surface area (Å²) in [6.07, 6.45) is 2.77. The summed E-state index contributed by atoms with van der Waals surface area (Å²) in [6.45, 7) is 25.9. The second kappa shape index (κ2) is 10.3. The van der Waals surface area contributed by atoms with Gasteiger partial charge in [-0.3, -0.25) is 20.1 Å². The summed E-state index contributed by atoms with van der Waals surface area (Å²) in [4.78, 5) is 20.6. The largest absolute Gasteiger partial charge is 0.282 e. The Kier molecular flexibility index (Phi) is 8.39. The first-order valence-corrected chi connectivity index (χ1v) is 12.7. The summed E-state index contributed by atoms with van der Waals surface area (Å²) < 4.78 is 0. The van der Waals surface area contributed by atoms with E-state index in [0.29, 0.717) is 0 Å². The van der Waals surface area contributed by atoms with E-state index in [-0.39, 0.29) is 26.6 Å². The first kappa shape index (κ1) is 29.4. The van der Waals surface area contributed by atoms with Crippen molar-refractivity contribution in [3.8, 4) is 0 Å². The van der Waals surface area contributed by atoms with Gasteiger partial charge in [0.2, 0.25) is 0 Å². The van der Waals surface area contributed by atoms with Crippen molar-refractivity contribution in [2.45, 2.75) is 111 Å². The van der Waals surface area contributed by atoms with Crippen LogP contribution in [0, 0.1) is 10.1 Å². The number of hydrogen-bond acceptors (Lipinski definition) is 4. The molecule has 0 unspecified atom stereocenters. The van der Waals surface area contributed by atoms with Crippen molar-refractivity contribution in [2.24, 2.45) is 9.98 Å². The summed E-state index contributed by atoms with van der Waals surface area (Å²) in [5, 5.41) is 11.9. The Balaban J connectivity index is 2.48. The highest BCUT2D eigenvalue weighted by atomic mass is 16.6. The molecule has 0 radical (unpaired) electrons. The number of benzene rings is 2. The molecule has 0 spiro atoms. The number of nitrogens with zero attached hydrogens (tertiary/aromatic N) is 3. The van der Waals surface area contributed by atoms with Crippen molar-refractivity contribution >= 4 is 23.8 Å². The molecule has 2 aromatic rings. The maximum atomic E-state index is 11.9. The zero-order valence-corrected chi connectivity index (χ0v) is 24.4.